The number of benzene rings is 1. The van der Waals surface area contributed by atoms with Gasteiger partial charge in [-0.15, -0.1) is 0 Å². The lowest BCUT2D eigenvalue weighted by molar-refractivity contribution is -0.137. The number of nitrogens with zero attached hydrogens (tertiary/aromatic N) is 1. The highest BCUT2D eigenvalue weighted by atomic mass is 32.2. The summed E-state index contributed by atoms with van der Waals surface area (Å²) in [6.07, 6.45) is -3.22. The van der Waals surface area contributed by atoms with Crippen molar-refractivity contribution in [2.75, 3.05) is 12.3 Å². The number of hydroxylamine groups is 1. The summed E-state index contributed by atoms with van der Waals surface area (Å²) in [4.78, 5) is 20.6. The number of pyridine rings is 1. The number of hydrogen-bond donors (Lipinski definition) is 2. The molecule has 0 unspecified atom stereocenters. The molecule has 1 fully saturated rings. The number of nitrogens with one attached hydrogen (secondary N) is 1. The number of rotatable bonds is 6. The molecule has 1 aliphatic rings. The van der Waals surface area contributed by atoms with Crippen molar-refractivity contribution in [3.05, 3.63) is 47.3 Å². The molecule has 0 radical (unpaired) electrons. The lowest BCUT2D eigenvalue weighted by Gasteiger charge is -2.14. The molecule has 7 nitrogen and oxygen atoms in total. The van der Waals surface area contributed by atoms with Gasteiger partial charge in [-0.25, -0.2) is 18.9 Å². The molecule has 2 aromatic rings. The predicted molar refractivity (Wildman–Crippen MR) is 96.6 cm³/mol. The van der Waals surface area contributed by atoms with Crippen molar-refractivity contribution >= 4 is 21.4 Å². The first-order chi connectivity index (χ1) is 13.6. The number of anilines is 1. The summed E-state index contributed by atoms with van der Waals surface area (Å²) in [5.74, 6) is -0.891. The Kier molecular flexibility index (Phi) is 5.54. The van der Waals surface area contributed by atoms with Crippen LogP contribution in [0.25, 0.3) is 0 Å². The smallest absolute Gasteiger partial charge is 0.397 e. The van der Waals surface area contributed by atoms with E-state index in [1.165, 1.54) is 0 Å². The van der Waals surface area contributed by atoms with Gasteiger partial charge in [-0.1, -0.05) is 0 Å². The molecule has 11 heteroatoms. The van der Waals surface area contributed by atoms with Gasteiger partial charge in [0.2, 0.25) is 9.84 Å². The number of alkyl halides is 3. The zero-order chi connectivity index (χ0) is 21.4. The van der Waals surface area contributed by atoms with Crippen LogP contribution in [-0.4, -0.2) is 25.9 Å². The minimum Gasteiger partial charge on any atom is -0.397 e. The van der Waals surface area contributed by atoms with E-state index in [2.05, 4.69) is 10.5 Å². The maximum absolute atomic E-state index is 13.1. The first-order valence-corrected chi connectivity index (χ1v) is 10.2. The van der Waals surface area contributed by atoms with Crippen LogP contribution in [0, 0.1) is 0 Å². The summed E-state index contributed by atoms with van der Waals surface area (Å²) in [5.41, 5.74) is 6.85. The van der Waals surface area contributed by atoms with E-state index in [4.69, 9.17) is 10.6 Å². The van der Waals surface area contributed by atoms with Gasteiger partial charge in [0.15, 0.2) is 5.69 Å². The highest BCUT2D eigenvalue weighted by Crippen LogP contribution is 2.44. The molecule has 1 aromatic heterocycles. The quantitative estimate of drug-likeness (QED) is 0.683. The SMILES string of the molecule is CCONC(=O)c1nc(C2CC2)c(S(=O)(=O)c2ccc(C(F)(F)F)cc2)cc1N. The highest BCUT2D eigenvalue weighted by molar-refractivity contribution is 7.91. The zero-order valence-electron chi connectivity index (χ0n) is 15.3. The molecule has 3 N–H and O–H groups in total. The van der Waals surface area contributed by atoms with E-state index in [1.54, 1.807) is 6.92 Å². The molecule has 1 saturated carbocycles. The largest absolute Gasteiger partial charge is 0.416 e. The van der Waals surface area contributed by atoms with Gasteiger partial charge in [0, 0.05) is 5.92 Å². The number of halogens is 3. The lowest BCUT2D eigenvalue weighted by atomic mass is 10.2. The fourth-order valence-corrected chi connectivity index (χ4v) is 4.22. The number of carbonyl (C=O) groups excluding carboxylic acids is 1. The number of carbonyl (C=O) groups is 1. The van der Waals surface area contributed by atoms with Crippen molar-refractivity contribution in [2.45, 2.75) is 41.7 Å². The molecule has 29 heavy (non-hydrogen) atoms. The maximum atomic E-state index is 13.1. The molecule has 0 atom stereocenters. The van der Waals surface area contributed by atoms with Crippen LogP contribution in [0.2, 0.25) is 0 Å². The van der Waals surface area contributed by atoms with Crippen LogP contribution >= 0.6 is 0 Å². The molecule has 1 amide bonds. The maximum Gasteiger partial charge on any atom is 0.416 e. The Labute approximate surface area is 164 Å². The molecule has 0 aliphatic heterocycles. The predicted octanol–water partition coefficient (Wildman–Crippen LogP) is 3.07. The van der Waals surface area contributed by atoms with Gasteiger partial charge in [0.1, 0.15) is 0 Å². The van der Waals surface area contributed by atoms with E-state index >= 15 is 0 Å². The van der Waals surface area contributed by atoms with Crippen LogP contribution in [0.3, 0.4) is 0 Å². The molecule has 0 bridgehead atoms. The Morgan fingerprint density at radius 2 is 1.90 bits per heavy atom. The van der Waals surface area contributed by atoms with Gasteiger partial charge in [-0.3, -0.25) is 9.63 Å². The average Bonchev–Trinajstić information content (AvgIpc) is 3.50. The molecule has 1 heterocycles. The third kappa shape index (κ3) is 4.35. The van der Waals surface area contributed by atoms with Gasteiger partial charge >= 0.3 is 6.18 Å². The first kappa shape index (κ1) is 21.1. The van der Waals surface area contributed by atoms with Crippen molar-refractivity contribution in [3.63, 3.8) is 0 Å². The Balaban J connectivity index is 2.05. The van der Waals surface area contributed by atoms with Gasteiger partial charge in [-0.05, 0) is 50.1 Å². The number of nitrogen functional groups attached to an aromatic ring is 1. The summed E-state index contributed by atoms with van der Waals surface area (Å²) in [7, 11) is -4.19. The fraction of sp³-hybridized carbons (Fsp3) is 0.333. The van der Waals surface area contributed by atoms with E-state index in [0.717, 1.165) is 18.2 Å². The van der Waals surface area contributed by atoms with Crippen LogP contribution in [0.1, 0.15) is 47.4 Å². The minimum atomic E-state index is -4.58. The lowest BCUT2D eigenvalue weighted by Crippen LogP contribution is -2.26. The van der Waals surface area contributed by atoms with Crippen LogP contribution < -0.4 is 11.2 Å². The van der Waals surface area contributed by atoms with Crippen LogP contribution in [0.5, 0.6) is 0 Å². The summed E-state index contributed by atoms with van der Waals surface area (Å²) < 4.78 is 64.4. The van der Waals surface area contributed by atoms with Gasteiger partial charge in [-0.2, -0.15) is 13.2 Å². The normalized spacial score (nSPS) is 14.6. The van der Waals surface area contributed by atoms with Crippen molar-refractivity contribution in [2.24, 2.45) is 0 Å². The third-order valence-corrected chi connectivity index (χ3v) is 6.11. The summed E-state index contributed by atoms with van der Waals surface area (Å²) in [5, 5.41) is 0. The summed E-state index contributed by atoms with van der Waals surface area (Å²) in [6.45, 7) is 1.87. The first-order valence-electron chi connectivity index (χ1n) is 8.70. The van der Waals surface area contributed by atoms with Crippen molar-refractivity contribution in [1.29, 1.82) is 0 Å². The molecular formula is C18H18F3N3O4S. The minimum absolute atomic E-state index is 0.167. The summed E-state index contributed by atoms with van der Waals surface area (Å²) in [6, 6.07) is 4.30. The fourth-order valence-electron chi connectivity index (χ4n) is 2.71. The van der Waals surface area contributed by atoms with Crippen molar-refractivity contribution in [1.82, 2.24) is 10.5 Å². The number of amides is 1. The van der Waals surface area contributed by atoms with Crippen molar-refractivity contribution < 1.29 is 31.2 Å². The number of hydrogen-bond acceptors (Lipinski definition) is 6. The van der Waals surface area contributed by atoms with Crippen LogP contribution in [-0.2, 0) is 20.9 Å². The molecular weight excluding hydrogens is 411 g/mol. The third-order valence-electron chi connectivity index (χ3n) is 4.31. The summed E-state index contributed by atoms with van der Waals surface area (Å²) >= 11 is 0. The van der Waals surface area contributed by atoms with E-state index in [0.29, 0.717) is 25.0 Å². The van der Waals surface area contributed by atoms with E-state index < -0.39 is 27.5 Å². The Morgan fingerprint density at radius 3 is 2.41 bits per heavy atom. The Morgan fingerprint density at radius 1 is 1.28 bits per heavy atom. The Bertz CT molecular complexity index is 1030. The molecule has 1 aliphatic carbocycles. The topological polar surface area (TPSA) is 111 Å². The van der Waals surface area contributed by atoms with E-state index in [-0.39, 0.29) is 39.4 Å². The number of nitrogens with two attached hydrogens (primary N) is 1. The second-order valence-corrected chi connectivity index (χ2v) is 8.39. The van der Waals surface area contributed by atoms with Gasteiger partial charge < -0.3 is 5.73 Å². The van der Waals surface area contributed by atoms with Gasteiger partial charge in [0.05, 0.1) is 33.3 Å². The second kappa shape index (κ2) is 7.64. The van der Waals surface area contributed by atoms with Crippen LogP contribution in [0.15, 0.2) is 40.1 Å². The molecule has 1 aromatic carbocycles. The van der Waals surface area contributed by atoms with E-state index in [9.17, 15) is 26.4 Å². The standard InChI is InChI=1S/C18H18F3N3O4S/c1-2-28-24-17(25)16-13(22)9-14(15(23-16)10-3-4-10)29(26,27)12-7-5-11(6-8-12)18(19,20)21/h5-10H,2-4,22H2,1H3,(H,24,25). The number of sulfone groups is 1. The number of aromatic nitrogens is 1. The molecule has 156 valence electrons. The van der Waals surface area contributed by atoms with E-state index in [1.807, 2.05) is 0 Å². The Hall–Kier alpha value is -2.66. The molecule has 0 saturated heterocycles. The highest BCUT2D eigenvalue weighted by Gasteiger charge is 2.35. The molecule has 0 spiro atoms. The average molecular weight is 429 g/mol. The van der Waals surface area contributed by atoms with Crippen LogP contribution in [0.4, 0.5) is 18.9 Å². The second-order valence-electron chi connectivity index (χ2n) is 6.47. The van der Waals surface area contributed by atoms with Gasteiger partial charge in [0.25, 0.3) is 5.91 Å². The zero-order valence-corrected chi connectivity index (χ0v) is 16.1. The van der Waals surface area contributed by atoms with Crippen molar-refractivity contribution in [3.8, 4) is 0 Å². The molecule has 3 rings (SSSR count). The monoisotopic (exact) mass is 429 g/mol.